The summed E-state index contributed by atoms with van der Waals surface area (Å²) in [4.78, 5) is 21.6. The first-order valence-corrected chi connectivity index (χ1v) is 11.4. The molecule has 2 N–H and O–H groups in total. The summed E-state index contributed by atoms with van der Waals surface area (Å²) in [5.74, 6) is 1.43. The summed E-state index contributed by atoms with van der Waals surface area (Å²) in [5, 5.41) is 6.68. The van der Waals surface area contributed by atoms with Crippen molar-refractivity contribution in [2.24, 2.45) is 5.92 Å². The Labute approximate surface area is 192 Å². The molecule has 0 amide bonds. The number of carbonyl (C=O) groups is 1. The Balaban J connectivity index is 1.39. The fourth-order valence-corrected chi connectivity index (χ4v) is 4.27. The summed E-state index contributed by atoms with van der Waals surface area (Å²) in [7, 11) is 1.44. The summed E-state index contributed by atoms with van der Waals surface area (Å²) in [6.07, 6.45) is 5.13. The van der Waals surface area contributed by atoms with Crippen molar-refractivity contribution in [3.63, 3.8) is 0 Å². The third-order valence-electron chi connectivity index (χ3n) is 6.61. The number of nitrogens with one attached hydrogen (secondary N) is 2. The molecule has 7 heteroatoms. The fourth-order valence-electron chi connectivity index (χ4n) is 4.27. The number of hydrogen-bond donors (Lipinski definition) is 2. The number of halogens is 1. The normalized spacial score (nSPS) is 16.5. The lowest BCUT2D eigenvalue weighted by Crippen LogP contribution is -2.43. The molecule has 1 heterocycles. The van der Waals surface area contributed by atoms with Crippen LogP contribution in [-0.2, 0) is 14.9 Å². The number of methoxy groups -OCH3 is 1. The minimum Gasteiger partial charge on any atom is -0.468 e. The van der Waals surface area contributed by atoms with Crippen molar-refractivity contribution in [3.05, 3.63) is 66.0 Å². The lowest BCUT2D eigenvalue weighted by atomic mass is 9.64. The molecule has 6 nitrogen and oxygen atoms in total. The zero-order chi connectivity index (χ0) is 22.8. The van der Waals surface area contributed by atoms with Crippen molar-refractivity contribution in [1.82, 2.24) is 9.97 Å². The number of rotatable bonds is 8. The molecule has 0 spiro atoms. The van der Waals surface area contributed by atoms with E-state index in [0.29, 0.717) is 17.6 Å². The van der Waals surface area contributed by atoms with E-state index in [4.69, 9.17) is 4.74 Å². The smallest absolute Gasteiger partial charge is 0.316 e. The van der Waals surface area contributed by atoms with E-state index in [0.717, 1.165) is 48.4 Å². The average molecular weight is 447 g/mol. The van der Waals surface area contributed by atoms with Crippen LogP contribution >= 0.6 is 0 Å². The first-order chi connectivity index (χ1) is 16.1. The minimum atomic E-state index is -0.522. The van der Waals surface area contributed by atoms with E-state index in [9.17, 15) is 9.18 Å². The van der Waals surface area contributed by atoms with E-state index >= 15 is 0 Å². The van der Waals surface area contributed by atoms with Gasteiger partial charge in [-0.2, -0.15) is 4.98 Å². The molecule has 0 saturated heterocycles. The zero-order valence-electron chi connectivity index (χ0n) is 18.6. The van der Waals surface area contributed by atoms with Crippen LogP contribution in [0.1, 0.15) is 37.7 Å². The van der Waals surface area contributed by atoms with Gasteiger partial charge in [0.25, 0.3) is 0 Å². The van der Waals surface area contributed by atoms with Crippen molar-refractivity contribution >= 4 is 23.4 Å². The number of esters is 1. The van der Waals surface area contributed by atoms with E-state index in [1.165, 1.54) is 32.1 Å². The highest BCUT2D eigenvalue weighted by Gasteiger charge is 2.46. The van der Waals surface area contributed by atoms with Gasteiger partial charge in [0, 0.05) is 23.9 Å². The quantitative estimate of drug-likeness (QED) is 0.449. The minimum absolute atomic E-state index is 0.170. The van der Waals surface area contributed by atoms with Crippen molar-refractivity contribution in [2.45, 2.75) is 37.5 Å². The predicted octanol–water partition coefficient (Wildman–Crippen LogP) is 5.44. The van der Waals surface area contributed by atoms with Gasteiger partial charge in [0.05, 0.1) is 18.2 Å². The monoisotopic (exact) mass is 446 g/mol. The Morgan fingerprint density at radius 3 is 2.42 bits per heavy atom. The van der Waals surface area contributed by atoms with Crippen molar-refractivity contribution < 1.29 is 13.9 Å². The number of nitrogens with zero attached hydrogens (tertiary/aromatic N) is 2. The van der Waals surface area contributed by atoms with E-state index in [-0.39, 0.29) is 11.8 Å². The molecule has 0 bridgehead atoms. The highest BCUT2D eigenvalue weighted by molar-refractivity contribution is 5.84. The molecular weight excluding hydrogens is 419 g/mol. The second-order valence-electron chi connectivity index (χ2n) is 8.92. The van der Waals surface area contributed by atoms with Crippen molar-refractivity contribution in [3.8, 4) is 11.3 Å². The third kappa shape index (κ3) is 4.53. The molecule has 2 aliphatic carbocycles. The second-order valence-corrected chi connectivity index (χ2v) is 8.92. The Morgan fingerprint density at radius 2 is 1.82 bits per heavy atom. The van der Waals surface area contributed by atoms with Crippen LogP contribution in [0.25, 0.3) is 11.3 Å². The Kier molecular flexibility index (Phi) is 5.70. The van der Waals surface area contributed by atoms with E-state index in [1.54, 1.807) is 12.1 Å². The van der Waals surface area contributed by atoms with Gasteiger partial charge in [-0.25, -0.2) is 9.37 Å². The summed E-state index contributed by atoms with van der Waals surface area (Å²) in [6.45, 7) is 0.879. The van der Waals surface area contributed by atoms with Gasteiger partial charge in [-0.05, 0) is 73.6 Å². The molecule has 2 aliphatic rings. The molecular formula is C26H27FN4O2. The molecule has 5 rings (SSSR count). The van der Waals surface area contributed by atoms with E-state index in [1.807, 2.05) is 30.3 Å². The fraction of sp³-hybridized carbons (Fsp3) is 0.346. The van der Waals surface area contributed by atoms with Gasteiger partial charge in [0.2, 0.25) is 5.95 Å². The molecule has 3 aromatic rings. The van der Waals surface area contributed by atoms with Gasteiger partial charge in [-0.1, -0.05) is 18.6 Å². The molecule has 0 atom stereocenters. The molecule has 2 fully saturated rings. The second kappa shape index (κ2) is 8.81. The van der Waals surface area contributed by atoms with E-state index < -0.39 is 5.41 Å². The van der Waals surface area contributed by atoms with Gasteiger partial charge < -0.3 is 15.4 Å². The molecule has 2 aromatic carbocycles. The lowest BCUT2D eigenvalue weighted by Gasteiger charge is -2.39. The summed E-state index contributed by atoms with van der Waals surface area (Å²) < 4.78 is 18.5. The Bertz CT molecular complexity index is 1140. The maximum atomic E-state index is 13.4. The van der Waals surface area contributed by atoms with Crippen LogP contribution in [0.15, 0.2) is 54.6 Å². The molecule has 33 heavy (non-hydrogen) atoms. The van der Waals surface area contributed by atoms with Gasteiger partial charge in [-0.3, -0.25) is 4.79 Å². The lowest BCUT2D eigenvalue weighted by molar-refractivity contribution is -0.151. The molecule has 0 aliphatic heterocycles. The molecule has 2 saturated carbocycles. The summed E-state index contributed by atoms with van der Waals surface area (Å²) >= 11 is 0. The van der Waals surface area contributed by atoms with Crippen LogP contribution in [0.5, 0.6) is 0 Å². The SMILES string of the molecule is COC(=O)C1(c2ccc(Nc3nc(NCC4CC4)cc(-c4ccc(F)cc4)n3)cc2)CCC1. The van der Waals surface area contributed by atoms with Gasteiger partial charge in [0.1, 0.15) is 11.6 Å². The topological polar surface area (TPSA) is 76.1 Å². The maximum absolute atomic E-state index is 13.4. The Hall–Kier alpha value is -3.48. The van der Waals surface area contributed by atoms with Crippen LogP contribution in [0.4, 0.5) is 21.8 Å². The molecule has 170 valence electrons. The van der Waals surface area contributed by atoms with Crippen molar-refractivity contribution in [2.75, 3.05) is 24.3 Å². The summed E-state index contributed by atoms with van der Waals surface area (Å²) in [5.41, 5.74) is 2.80. The van der Waals surface area contributed by atoms with Gasteiger partial charge in [-0.15, -0.1) is 0 Å². The molecule has 1 aromatic heterocycles. The number of anilines is 3. The van der Waals surface area contributed by atoms with Crippen LogP contribution in [0.3, 0.4) is 0 Å². The van der Waals surface area contributed by atoms with Crippen LogP contribution in [-0.4, -0.2) is 29.6 Å². The van der Waals surface area contributed by atoms with Gasteiger partial charge >= 0.3 is 5.97 Å². The first-order valence-electron chi connectivity index (χ1n) is 11.4. The standard InChI is InChI=1S/C26H27FN4O2/c1-33-24(32)26(13-2-14-26)19-7-11-21(12-8-19)29-25-30-22(18-5-9-20(27)10-6-18)15-23(31-25)28-16-17-3-4-17/h5-12,15,17H,2-4,13-14,16H2,1H3,(H2,28,29,30,31). The number of ether oxygens (including phenoxy) is 1. The largest absolute Gasteiger partial charge is 0.468 e. The van der Waals surface area contributed by atoms with Crippen LogP contribution in [0.2, 0.25) is 0 Å². The summed E-state index contributed by atoms with van der Waals surface area (Å²) in [6, 6.07) is 16.0. The maximum Gasteiger partial charge on any atom is 0.316 e. The Morgan fingerprint density at radius 1 is 1.09 bits per heavy atom. The number of benzene rings is 2. The third-order valence-corrected chi connectivity index (χ3v) is 6.61. The molecule has 0 unspecified atom stereocenters. The zero-order valence-corrected chi connectivity index (χ0v) is 18.6. The predicted molar refractivity (Wildman–Crippen MR) is 126 cm³/mol. The van der Waals surface area contributed by atoms with Crippen molar-refractivity contribution in [1.29, 1.82) is 0 Å². The number of hydrogen-bond acceptors (Lipinski definition) is 6. The molecule has 0 radical (unpaired) electrons. The highest BCUT2D eigenvalue weighted by Crippen LogP contribution is 2.45. The van der Waals surface area contributed by atoms with Crippen LogP contribution < -0.4 is 10.6 Å². The van der Waals surface area contributed by atoms with Gasteiger partial charge in [0.15, 0.2) is 0 Å². The highest BCUT2D eigenvalue weighted by atomic mass is 19.1. The number of aromatic nitrogens is 2. The average Bonchev–Trinajstić information content (AvgIpc) is 3.63. The first kappa shape index (κ1) is 21.4. The number of carbonyl (C=O) groups excluding carboxylic acids is 1. The van der Waals surface area contributed by atoms with Crippen LogP contribution in [0, 0.1) is 11.7 Å². The van der Waals surface area contributed by atoms with E-state index in [2.05, 4.69) is 20.6 Å².